The lowest BCUT2D eigenvalue weighted by molar-refractivity contribution is 0.0931. The molecule has 33 heavy (non-hydrogen) atoms. The molecule has 6 nitrogen and oxygen atoms in total. The highest BCUT2D eigenvalue weighted by Gasteiger charge is 2.22. The molecule has 1 amide bonds. The summed E-state index contributed by atoms with van der Waals surface area (Å²) in [6.07, 6.45) is 0. The quantitative estimate of drug-likeness (QED) is 0.443. The van der Waals surface area contributed by atoms with Crippen molar-refractivity contribution in [3.8, 4) is 0 Å². The number of rotatable bonds is 7. The van der Waals surface area contributed by atoms with Crippen LogP contribution in [-0.2, 0) is 16.6 Å². The number of sulfonamides is 1. The van der Waals surface area contributed by atoms with E-state index in [2.05, 4.69) is 5.32 Å². The summed E-state index contributed by atoms with van der Waals surface area (Å²) in [7, 11) is -0.575. The van der Waals surface area contributed by atoms with Gasteiger partial charge >= 0.3 is 0 Å². The van der Waals surface area contributed by atoms with E-state index >= 15 is 0 Å². The minimum atomic E-state index is -3.58. The number of nitrogens with one attached hydrogen (secondary N) is 1. The maximum absolute atomic E-state index is 13.3. The second-order valence-corrected chi connectivity index (χ2v) is 10.4. The molecule has 0 aliphatic carbocycles. The van der Waals surface area contributed by atoms with Crippen LogP contribution in [0.5, 0.6) is 0 Å². The molecule has 1 unspecified atom stereocenters. The molecule has 0 saturated heterocycles. The summed E-state index contributed by atoms with van der Waals surface area (Å²) in [5.74, 6) is -0.212. The molecule has 1 atom stereocenters. The largest absolute Gasteiger partial charge is 0.344 e. The normalized spacial score (nSPS) is 12.7. The molecule has 0 saturated carbocycles. The van der Waals surface area contributed by atoms with Crippen LogP contribution in [0, 0.1) is 0 Å². The van der Waals surface area contributed by atoms with Gasteiger partial charge in [-0.25, -0.2) is 12.7 Å². The Labute approximate surface area is 194 Å². The molecule has 0 aliphatic rings. The smallest absolute Gasteiger partial charge is 0.268 e. The Morgan fingerprint density at radius 3 is 2.21 bits per heavy atom. The minimum absolute atomic E-state index is 0.174. The third-order valence-electron chi connectivity index (χ3n) is 5.71. The molecular weight excluding hydrogens is 434 g/mol. The molecule has 0 fully saturated rings. The fourth-order valence-corrected chi connectivity index (χ4v) is 4.78. The van der Waals surface area contributed by atoms with Crippen molar-refractivity contribution in [2.75, 3.05) is 14.1 Å². The number of carbonyl (C=O) groups is 1. The third-order valence-corrected chi connectivity index (χ3v) is 7.53. The first-order valence-electron chi connectivity index (χ1n) is 10.7. The summed E-state index contributed by atoms with van der Waals surface area (Å²) in [5.41, 5.74) is 3.34. The molecule has 1 N–H and O–H groups in total. The lowest BCUT2D eigenvalue weighted by Crippen LogP contribution is -2.28. The van der Waals surface area contributed by atoms with Gasteiger partial charge in [0.2, 0.25) is 10.0 Å². The minimum Gasteiger partial charge on any atom is -0.344 e. The molecule has 0 spiro atoms. The summed E-state index contributed by atoms with van der Waals surface area (Å²) in [4.78, 5) is 13.5. The Kier molecular flexibility index (Phi) is 6.35. The highest BCUT2D eigenvalue weighted by Crippen LogP contribution is 2.26. The molecule has 7 heteroatoms. The maximum Gasteiger partial charge on any atom is 0.268 e. The van der Waals surface area contributed by atoms with Crippen LogP contribution in [0.25, 0.3) is 10.9 Å². The molecule has 1 aromatic heterocycles. The number of carbonyl (C=O) groups excluding carboxylic acids is 1. The average Bonchev–Trinajstić information content (AvgIpc) is 3.18. The predicted octanol–water partition coefficient (Wildman–Crippen LogP) is 4.43. The highest BCUT2D eigenvalue weighted by molar-refractivity contribution is 7.89. The van der Waals surface area contributed by atoms with Gasteiger partial charge in [-0.1, -0.05) is 60.7 Å². The summed E-state index contributed by atoms with van der Waals surface area (Å²) in [6, 6.07) is 26.2. The van der Waals surface area contributed by atoms with Crippen LogP contribution < -0.4 is 5.32 Å². The molecule has 4 rings (SSSR count). The summed E-state index contributed by atoms with van der Waals surface area (Å²) >= 11 is 0. The Morgan fingerprint density at radius 2 is 1.58 bits per heavy atom. The zero-order valence-electron chi connectivity index (χ0n) is 18.9. The van der Waals surface area contributed by atoms with Gasteiger partial charge in [-0.05, 0) is 42.3 Å². The number of benzene rings is 3. The van der Waals surface area contributed by atoms with Crippen molar-refractivity contribution in [3.05, 3.63) is 102 Å². The van der Waals surface area contributed by atoms with Crippen LogP contribution >= 0.6 is 0 Å². The van der Waals surface area contributed by atoms with Crippen LogP contribution in [-0.4, -0.2) is 37.3 Å². The van der Waals surface area contributed by atoms with Gasteiger partial charge in [0.25, 0.3) is 5.91 Å². The first-order valence-corrected chi connectivity index (χ1v) is 12.2. The van der Waals surface area contributed by atoms with E-state index < -0.39 is 10.0 Å². The van der Waals surface area contributed by atoms with Crippen molar-refractivity contribution >= 4 is 26.8 Å². The standard InChI is InChI=1S/C26H27N3O3S/c1-19(21-12-8-5-9-13-21)27-26(30)25-17-22-16-23(33(31,32)28(2)3)14-15-24(22)29(25)18-20-10-6-4-7-11-20/h4-17,19H,18H2,1-3H3,(H,27,30). The summed E-state index contributed by atoms with van der Waals surface area (Å²) in [5, 5.41) is 3.78. The van der Waals surface area contributed by atoms with Crippen LogP contribution in [0.4, 0.5) is 0 Å². The lowest BCUT2D eigenvalue weighted by Gasteiger charge is -2.16. The van der Waals surface area contributed by atoms with Crippen molar-refractivity contribution in [3.63, 3.8) is 0 Å². The predicted molar refractivity (Wildman–Crippen MR) is 131 cm³/mol. The van der Waals surface area contributed by atoms with E-state index in [-0.39, 0.29) is 16.8 Å². The van der Waals surface area contributed by atoms with E-state index in [0.717, 1.165) is 16.6 Å². The van der Waals surface area contributed by atoms with Gasteiger partial charge in [0, 0.05) is 31.5 Å². The second kappa shape index (κ2) is 9.21. The van der Waals surface area contributed by atoms with Crippen molar-refractivity contribution < 1.29 is 13.2 Å². The molecule has 3 aromatic carbocycles. The zero-order valence-corrected chi connectivity index (χ0v) is 19.7. The number of hydrogen-bond donors (Lipinski definition) is 1. The molecule has 0 bridgehead atoms. The Balaban J connectivity index is 1.77. The van der Waals surface area contributed by atoms with Gasteiger partial charge in [-0.3, -0.25) is 4.79 Å². The molecule has 170 valence electrons. The number of amides is 1. The van der Waals surface area contributed by atoms with Crippen molar-refractivity contribution in [2.24, 2.45) is 0 Å². The van der Waals surface area contributed by atoms with Crippen LogP contribution in [0.15, 0.2) is 89.8 Å². The third kappa shape index (κ3) is 4.69. The number of aromatic nitrogens is 1. The van der Waals surface area contributed by atoms with E-state index in [1.54, 1.807) is 24.3 Å². The van der Waals surface area contributed by atoms with Gasteiger partial charge in [0.1, 0.15) is 5.69 Å². The highest BCUT2D eigenvalue weighted by atomic mass is 32.2. The first kappa shape index (κ1) is 22.8. The van der Waals surface area contributed by atoms with Crippen LogP contribution in [0.2, 0.25) is 0 Å². The monoisotopic (exact) mass is 461 g/mol. The Morgan fingerprint density at radius 1 is 0.939 bits per heavy atom. The fraction of sp³-hybridized carbons (Fsp3) is 0.192. The molecule has 1 heterocycles. The van der Waals surface area contributed by atoms with Gasteiger partial charge in [-0.15, -0.1) is 0 Å². The number of hydrogen-bond acceptors (Lipinski definition) is 3. The van der Waals surface area contributed by atoms with Crippen LogP contribution in [0.3, 0.4) is 0 Å². The number of fused-ring (bicyclic) bond motifs is 1. The lowest BCUT2D eigenvalue weighted by atomic mass is 10.1. The topological polar surface area (TPSA) is 71.4 Å². The van der Waals surface area contributed by atoms with Crippen molar-refractivity contribution in [1.82, 2.24) is 14.2 Å². The fourth-order valence-electron chi connectivity index (χ4n) is 3.84. The maximum atomic E-state index is 13.3. The Bertz CT molecular complexity index is 1380. The van der Waals surface area contributed by atoms with E-state index in [9.17, 15) is 13.2 Å². The zero-order chi connectivity index (χ0) is 23.6. The van der Waals surface area contributed by atoms with Gasteiger partial charge in [0.05, 0.1) is 10.9 Å². The second-order valence-electron chi connectivity index (χ2n) is 8.22. The first-order chi connectivity index (χ1) is 15.8. The van der Waals surface area contributed by atoms with E-state index in [4.69, 9.17) is 0 Å². The average molecular weight is 462 g/mol. The van der Waals surface area contributed by atoms with Crippen molar-refractivity contribution in [2.45, 2.75) is 24.4 Å². The van der Waals surface area contributed by atoms with Gasteiger partial charge in [-0.2, -0.15) is 0 Å². The van der Waals surface area contributed by atoms with E-state index in [1.165, 1.54) is 18.4 Å². The summed E-state index contributed by atoms with van der Waals surface area (Å²) < 4.78 is 28.4. The molecule has 4 aromatic rings. The van der Waals surface area contributed by atoms with Gasteiger partial charge in [0.15, 0.2) is 0 Å². The number of nitrogens with zero attached hydrogens (tertiary/aromatic N) is 2. The molecule has 0 aliphatic heterocycles. The summed E-state index contributed by atoms with van der Waals surface area (Å²) in [6.45, 7) is 2.44. The van der Waals surface area contributed by atoms with E-state index in [1.807, 2.05) is 72.2 Å². The molecular formula is C26H27N3O3S. The Hall–Kier alpha value is -3.42. The SMILES string of the molecule is CC(NC(=O)c1cc2cc(S(=O)(=O)N(C)C)ccc2n1Cc1ccccc1)c1ccccc1. The van der Waals surface area contributed by atoms with E-state index in [0.29, 0.717) is 17.6 Å². The molecule has 0 radical (unpaired) electrons. The van der Waals surface area contributed by atoms with Crippen molar-refractivity contribution in [1.29, 1.82) is 0 Å². The van der Waals surface area contributed by atoms with Crippen LogP contribution in [0.1, 0.15) is 34.6 Å². The van der Waals surface area contributed by atoms with Gasteiger partial charge < -0.3 is 9.88 Å².